The van der Waals surface area contributed by atoms with Crippen LogP contribution in [0.15, 0.2) is 6.20 Å². The van der Waals surface area contributed by atoms with Gasteiger partial charge in [0.05, 0.1) is 20.4 Å². The van der Waals surface area contributed by atoms with Crippen LogP contribution in [0.2, 0.25) is 0 Å². The van der Waals surface area contributed by atoms with Crippen LogP contribution in [0.5, 0.6) is 0 Å². The van der Waals surface area contributed by atoms with Gasteiger partial charge in [-0.25, -0.2) is 9.49 Å². The minimum absolute atomic E-state index is 0.468. The summed E-state index contributed by atoms with van der Waals surface area (Å²) < 4.78 is 8.59. The summed E-state index contributed by atoms with van der Waals surface area (Å²) in [6, 6.07) is 0. The molecule has 1 aromatic rings. The summed E-state index contributed by atoms with van der Waals surface area (Å²) in [6.45, 7) is 0. The van der Waals surface area contributed by atoms with Crippen molar-refractivity contribution in [2.24, 2.45) is 0 Å². The Balaban J connectivity index is 2.02. The fourth-order valence-corrected chi connectivity index (χ4v) is 2.59. The fraction of sp³-hybridized carbons (Fsp3) is 0.778. The molecule has 0 aromatic carbocycles. The van der Waals surface area contributed by atoms with Crippen LogP contribution >= 0.6 is 8.51 Å². The molecule has 1 heterocycles. The molecule has 0 radical (unpaired) electrons. The average molecular weight is 182 g/mol. The van der Waals surface area contributed by atoms with E-state index in [1.54, 1.807) is 0 Å². The summed E-state index contributed by atoms with van der Waals surface area (Å²) in [7, 11) is 0.468. The largest absolute Gasteiger partial charge is 0.228 e. The first-order valence-electron chi connectivity index (χ1n) is 4.82. The topological polar surface area (TPSA) is 25.8 Å². The molecule has 0 aliphatic heterocycles. The lowest BCUT2D eigenvalue weighted by atomic mass is 9.97. The van der Waals surface area contributed by atoms with Gasteiger partial charge in [-0.2, -0.15) is 0 Å². The second-order valence-electron chi connectivity index (χ2n) is 3.58. The molecule has 0 saturated heterocycles. The van der Waals surface area contributed by atoms with Gasteiger partial charge in [-0.1, -0.05) is 25.7 Å². The third-order valence-electron chi connectivity index (χ3n) is 2.71. The Kier molecular flexibility index (Phi) is 2.78. The summed E-state index contributed by atoms with van der Waals surface area (Å²) in [4.78, 5) is 0. The van der Waals surface area contributed by atoms with Crippen molar-refractivity contribution in [3.05, 3.63) is 11.9 Å². The number of hydrogen-bond acceptors (Lipinski definition) is 2. The van der Waals surface area contributed by atoms with Crippen molar-refractivity contribution in [1.82, 2.24) is 9.49 Å². The zero-order chi connectivity index (χ0) is 8.23. The Bertz CT molecular complexity index is 212. The molecular formula is C9H15N2P. The predicted octanol–water partition coefficient (Wildman–Crippen LogP) is 2.95. The maximum absolute atomic E-state index is 4.42. The first-order chi connectivity index (χ1) is 5.97. The Hall–Kier alpha value is -0.360. The van der Waals surface area contributed by atoms with E-state index in [2.05, 4.69) is 9.49 Å². The van der Waals surface area contributed by atoms with Gasteiger partial charge in [-0.05, 0) is 12.8 Å². The highest BCUT2D eigenvalue weighted by atomic mass is 31.1. The van der Waals surface area contributed by atoms with Gasteiger partial charge in [-0.15, -0.1) is 0 Å². The highest BCUT2D eigenvalue weighted by Crippen LogP contribution is 2.30. The molecule has 1 aromatic heterocycles. The minimum atomic E-state index is 0.468. The second kappa shape index (κ2) is 4.04. The molecule has 0 spiro atoms. The molecule has 2 nitrogen and oxygen atoms in total. The molecule has 2 rings (SSSR count). The SMILES string of the molecule is c1n[pH]nc1C1CCCCCC1. The van der Waals surface area contributed by atoms with Crippen LogP contribution in [0.25, 0.3) is 0 Å². The van der Waals surface area contributed by atoms with E-state index in [0.717, 1.165) is 5.92 Å². The van der Waals surface area contributed by atoms with Gasteiger partial charge in [0.2, 0.25) is 0 Å². The Morgan fingerprint density at radius 2 is 1.92 bits per heavy atom. The molecular weight excluding hydrogens is 167 g/mol. The van der Waals surface area contributed by atoms with Gasteiger partial charge in [0.25, 0.3) is 0 Å². The zero-order valence-electron chi connectivity index (χ0n) is 7.29. The summed E-state index contributed by atoms with van der Waals surface area (Å²) in [5.74, 6) is 0.742. The molecule has 66 valence electrons. The van der Waals surface area contributed by atoms with Crippen LogP contribution in [0.1, 0.15) is 50.1 Å². The summed E-state index contributed by atoms with van der Waals surface area (Å²) >= 11 is 0. The maximum Gasteiger partial charge on any atom is 0.0677 e. The predicted molar refractivity (Wildman–Crippen MR) is 52.0 cm³/mol. The lowest BCUT2D eigenvalue weighted by Gasteiger charge is -2.09. The van der Waals surface area contributed by atoms with E-state index < -0.39 is 0 Å². The highest BCUT2D eigenvalue weighted by molar-refractivity contribution is 7.20. The fourth-order valence-electron chi connectivity index (χ4n) is 1.98. The Morgan fingerprint density at radius 1 is 1.17 bits per heavy atom. The molecule has 1 unspecified atom stereocenters. The van der Waals surface area contributed by atoms with Crippen molar-refractivity contribution in [1.29, 1.82) is 0 Å². The van der Waals surface area contributed by atoms with E-state index in [0.29, 0.717) is 8.51 Å². The number of rotatable bonds is 1. The van der Waals surface area contributed by atoms with Crippen LogP contribution in [0, 0.1) is 0 Å². The van der Waals surface area contributed by atoms with E-state index in [1.165, 1.54) is 44.2 Å². The van der Waals surface area contributed by atoms with E-state index in [-0.39, 0.29) is 0 Å². The first-order valence-corrected chi connectivity index (χ1v) is 5.72. The van der Waals surface area contributed by atoms with Gasteiger partial charge in [0, 0.05) is 5.92 Å². The Morgan fingerprint density at radius 3 is 2.50 bits per heavy atom. The van der Waals surface area contributed by atoms with E-state index >= 15 is 0 Å². The molecule has 0 bridgehead atoms. The van der Waals surface area contributed by atoms with E-state index in [1.807, 2.05) is 6.20 Å². The van der Waals surface area contributed by atoms with Crippen molar-refractivity contribution < 1.29 is 0 Å². The van der Waals surface area contributed by atoms with E-state index in [4.69, 9.17) is 0 Å². The standard InChI is InChI=1S/C9H15N2P/c1-2-4-6-8(5-3-1)9-7-10-12-11-9/h7-8,12H,1-6H2. The van der Waals surface area contributed by atoms with Crippen molar-refractivity contribution >= 4 is 8.51 Å². The number of hydrogen-bond donors (Lipinski definition) is 0. The minimum Gasteiger partial charge on any atom is -0.228 e. The van der Waals surface area contributed by atoms with Gasteiger partial charge in [0.1, 0.15) is 0 Å². The van der Waals surface area contributed by atoms with Crippen molar-refractivity contribution in [2.75, 3.05) is 0 Å². The average Bonchev–Trinajstić information content (AvgIpc) is 2.48. The smallest absolute Gasteiger partial charge is 0.0677 e. The van der Waals surface area contributed by atoms with Gasteiger partial charge in [0.15, 0.2) is 0 Å². The zero-order valence-corrected chi connectivity index (χ0v) is 8.29. The Labute approximate surface area is 75.0 Å². The van der Waals surface area contributed by atoms with E-state index in [9.17, 15) is 0 Å². The molecule has 3 heteroatoms. The molecule has 1 saturated carbocycles. The summed E-state index contributed by atoms with van der Waals surface area (Å²) in [5, 5.41) is 0. The van der Waals surface area contributed by atoms with Crippen molar-refractivity contribution in [3.8, 4) is 0 Å². The van der Waals surface area contributed by atoms with Gasteiger partial charge in [-0.3, -0.25) is 0 Å². The van der Waals surface area contributed by atoms with Crippen LogP contribution in [0.3, 0.4) is 0 Å². The normalized spacial score (nSPS) is 21.3. The molecule has 0 N–H and O–H groups in total. The maximum atomic E-state index is 4.42. The summed E-state index contributed by atoms with van der Waals surface area (Å²) in [5.41, 5.74) is 1.29. The lowest BCUT2D eigenvalue weighted by Crippen LogP contribution is -1.96. The number of nitrogens with zero attached hydrogens (tertiary/aromatic N) is 2. The first kappa shape index (κ1) is 8.25. The van der Waals surface area contributed by atoms with Crippen molar-refractivity contribution in [3.63, 3.8) is 0 Å². The molecule has 1 aliphatic rings. The van der Waals surface area contributed by atoms with Crippen LogP contribution < -0.4 is 0 Å². The lowest BCUT2D eigenvalue weighted by molar-refractivity contribution is 0.582. The van der Waals surface area contributed by atoms with Crippen LogP contribution in [-0.4, -0.2) is 9.49 Å². The van der Waals surface area contributed by atoms with Gasteiger partial charge >= 0.3 is 0 Å². The third kappa shape index (κ3) is 1.87. The highest BCUT2D eigenvalue weighted by Gasteiger charge is 2.15. The quantitative estimate of drug-likeness (QED) is 0.624. The molecule has 0 amide bonds. The third-order valence-corrected chi connectivity index (χ3v) is 3.31. The molecule has 12 heavy (non-hydrogen) atoms. The number of aromatic nitrogens is 2. The summed E-state index contributed by atoms with van der Waals surface area (Å²) in [6.07, 6.45) is 10.3. The van der Waals surface area contributed by atoms with Crippen LogP contribution in [-0.2, 0) is 0 Å². The molecule has 1 fully saturated rings. The molecule has 1 aliphatic carbocycles. The monoisotopic (exact) mass is 182 g/mol. The van der Waals surface area contributed by atoms with Crippen LogP contribution in [0.4, 0.5) is 0 Å². The second-order valence-corrected chi connectivity index (χ2v) is 4.27. The van der Waals surface area contributed by atoms with Gasteiger partial charge < -0.3 is 0 Å². The van der Waals surface area contributed by atoms with Crippen molar-refractivity contribution in [2.45, 2.75) is 44.4 Å². The molecule has 1 atom stereocenters.